The first kappa shape index (κ1) is 10.5. The molecule has 4 heteroatoms. The predicted molar refractivity (Wildman–Crippen MR) is 58.5 cm³/mol. The van der Waals surface area contributed by atoms with Crippen LogP contribution in [0.4, 0.5) is 0 Å². The average Bonchev–Trinajstić information content (AvgIpc) is 2.72. The van der Waals surface area contributed by atoms with Crippen molar-refractivity contribution in [3.8, 4) is 5.75 Å². The summed E-state index contributed by atoms with van der Waals surface area (Å²) in [7, 11) is 2.95. The lowest BCUT2D eigenvalue weighted by molar-refractivity contribution is -0.139. The van der Waals surface area contributed by atoms with Crippen LogP contribution >= 0.6 is 0 Å². The van der Waals surface area contributed by atoms with Gasteiger partial charge in [-0.25, -0.2) is 0 Å². The minimum absolute atomic E-state index is 0.205. The molecule has 0 aliphatic carbocycles. The molecule has 4 nitrogen and oxygen atoms in total. The normalized spacial score (nSPS) is 10.4. The molecule has 0 radical (unpaired) electrons. The number of para-hydroxylation sites is 1. The number of fused-ring (bicyclic) bond motifs is 1. The maximum Gasteiger partial charge on any atom is 0.310 e. The van der Waals surface area contributed by atoms with Gasteiger partial charge in [0.15, 0.2) is 11.3 Å². The van der Waals surface area contributed by atoms with Gasteiger partial charge in [-0.2, -0.15) is 0 Å². The van der Waals surface area contributed by atoms with Gasteiger partial charge in [0.05, 0.1) is 26.9 Å². The van der Waals surface area contributed by atoms with Gasteiger partial charge in [0.25, 0.3) is 0 Å². The highest BCUT2D eigenvalue weighted by atomic mass is 16.5. The molecule has 0 atom stereocenters. The minimum atomic E-state index is -0.287. The van der Waals surface area contributed by atoms with Crippen LogP contribution in [0, 0.1) is 0 Å². The molecule has 1 aromatic heterocycles. The van der Waals surface area contributed by atoms with Gasteiger partial charge in [-0.15, -0.1) is 0 Å². The molecule has 0 N–H and O–H groups in total. The maximum atomic E-state index is 11.2. The molecular formula is C12H12O4. The molecule has 0 aliphatic heterocycles. The Balaban J connectivity index is 2.45. The molecule has 1 heterocycles. The number of rotatable bonds is 3. The van der Waals surface area contributed by atoms with E-state index in [0.29, 0.717) is 11.3 Å². The number of benzene rings is 1. The third-order valence-corrected chi connectivity index (χ3v) is 2.43. The van der Waals surface area contributed by atoms with E-state index in [1.165, 1.54) is 7.11 Å². The number of methoxy groups -OCH3 is 2. The lowest BCUT2D eigenvalue weighted by atomic mass is 10.1. The highest BCUT2D eigenvalue weighted by Gasteiger charge is 2.12. The molecule has 0 bridgehead atoms. The molecule has 1 aromatic carbocycles. The molecule has 84 valence electrons. The Bertz CT molecular complexity index is 513. The Kier molecular flexibility index (Phi) is 2.81. The second-order valence-corrected chi connectivity index (χ2v) is 3.35. The van der Waals surface area contributed by atoms with Gasteiger partial charge in [0.2, 0.25) is 0 Å². The summed E-state index contributed by atoms with van der Waals surface area (Å²) in [6.45, 7) is 0. The monoisotopic (exact) mass is 220 g/mol. The Morgan fingerprint density at radius 2 is 2.19 bits per heavy atom. The fraction of sp³-hybridized carbons (Fsp3) is 0.250. The fourth-order valence-corrected chi connectivity index (χ4v) is 1.61. The van der Waals surface area contributed by atoms with Gasteiger partial charge >= 0.3 is 5.97 Å². The van der Waals surface area contributed by atoms with E-state index in [1.807, 2.05) is 18.2 Å². The Morgan fingerprint density at radius 1 is 1.38 bits per heavy atom. The van der Waals surface area contributed by atoms with Crippen molar-refractivity contribution >= 4 is 16.9 Å². The maximum absolute atomic E-state index is 11.2. The summed E-state index contributed by atoms with van der Waals surface area (Å²) in [5.74, 6) is 0.374. The summed E-state index contributed by atoms with van der Waals surface area (Å²) in [6, 6.07) is 5.56. The predicted octanol–water partition coefficient (Wildman–Crippen LogP) is 2.16. The Hall–Kier alpha value is -1.97. The van der Waals surface area contributed by atoms with Crippen molar-refractivity contribution in [1.82, 2.24) is 0 Å². The van der Waals surface area contributed by atoms with Crippen molar-refractivity contribution in [3.63, 3.8) is 0 Å². The van der Waals surface area contributed by atoms with Crippen molar-refractivity contribution in [3.05, 3.63) is 30.0 Å². The zero-order valence-electron chi connectivity index (χ0n) is 9.15. The van der Waals surface area contributed by atoms with Gasteiger partial charge in [0.1, 0.15) is 0 Å². The Labute approximate surface area is 92.8 Å². The molecule has 0 unspecified atom stereocenters. The molecule has 2 rings (SSSR count). The number of ether oxygens (including phenoxy) is 2. The second-order valence-electron chi connectivity index (χ2n) is 3.35. The van der Waals surface area contributed by atoms with Crippen molar-refractivity contribution in [2.24, 2.45) is 0 Å². The summed E-state index contributed by atoms with van der Waals surface area (Å²) in [6.07, 6.45) is 1.76. The third kappa shape index (κ3) is 1.74. The van der Waals surface area contributed by atoms with Gasteiger partial charge in [-0.05, 0) is 6.07 Å². The molecule has 0 saturated carbocycles. The number of hydrogen-bond donors (Lipinski definition) is 0. The van der Waals surface area contributed by atoms with Crippen LogP contribution in [0.5, 0.6) is 5.75 Å². The highest BCUT2D eigenvalue weighted by molar-refractivity contribution is 5.89. The van der Waals surface area contributed by atoms with E-state index in [1.54, 1.807) is 13.4 Å². The summed E-state index contributed by atoms with van der Waals surface area (Å²) < 4.78 is 15.2. The van der Waals surface area contributed by atoms with Gasteiger partial charge in [-0.1, -0.05) is 12.1 Å². The van der Waals surface area contributed by atoms with E-state index in [-0.39, 0.29) is 12.4 Å². The largest absolute Gasteiger partial charge is 0.493 e. The van der Waals surface area contributed by atoms with Crippen LogP contribution < -0.4 is 4.74 Å². The van der Waals surface area contributed by atoms with E-state index in [9.17, 15) is 4.79 Å². The van der Waals surface area contributed by atoms with Crippen LogP contribution in [0.15, 0.2) is 28.9 Å². The number of carbonyl (C=O) groups is 1. The van der Waals surface area contributed by atoms with E-state index < -0.39 is 0 Å². The van der Waals surface area contributed by atoms with Crippen molar-refractivity contribution in [1.29, 1.82) is 0 Å². The summed E-state index contributed by atoms with van der Waals surface area (Å²) >= 11 is 0. The van der Waals surface area contributed by atoms with Gasteiger partial charge < -0.3 is 13.9 Å². The third-order valence-electron chi connectivity index (χ3n) is 2.43. The molecule has 0 amide bonds. The first-order valence-corrected chi connectivity index (χ1v) is 4.86. The van der Waals surface area contributed by atoms with Crippen LogP contribution in [0.1, 0.15) is 5.56 Å². The van der Waals surface area contributed by atoms with Crippen LogP contribution in [0.25, 0.3) is 11.0 Å². The molecule has 0 aliphatic rings. The Morgan fingerprint density at radius 3 is 2.88 bits per heavy atom. The van der Waals surface area contributed by atoms with Gasteiger partial charge in [0, 0.05) is 10.9 Å². The lowest BCUT2D eigenvalue weighted by Crippen LogP contribution is -2.03. The zero-order valence-corrected chi connectivity index (χ0v) is 9.15. The SMILES string of the molecule is COC(=O)Cc1coc2c(OC)cccc12. The van der Waals surface area contributed by atoms with Gasteiger partial charge in [-0.3, -0.25) is 4.79 Å². The number of esters is 1. The highest BCUT2D eigenvalue weighted by Crippen LogP contribution is 2.29. The molecule has 0 saturated heterocycles. The number of furan rings is 1. The first-order chi connectivity index (χ1) is 7.76. The van der Waals surface area contributed by atoms with E-state index >= 15 is 0 Å². The van der Waals surface area contributed by atoms with Crippen LogP contribution in [-0.4, -0.2) is 20.2 Å². The van der Waals surface area contributed by atoms with Crippen molar-refractivity contribution in [2.45, 2.75) is 6.42 Å². The fourth-order valence-electron chi connectivity index (χ4n) is 1.61. The van der Waals surface area contributed by atoms with Crippen LogP contribution in [0.3, 0.4) is 0 Å². The summed E-state index contributed by atoms with van der Waals surface area (Å²) in [4.78, 5) is 11.2. The van der Waals surface area contributed by atoms with Crippen molar-refractivity contribution in [2.75, 3.05) is 14.2 Å². The number of hydrogen-bond acceptors (Lipinski definition) is 4. The minimum Gasteiger partial charge on any atom is -0.493 e. The lowest BCUT2D eigenvalue weighted by Gasteiger charge is -2.00. The number of carbonyl (C=O) groups excluding carboxylic acids is 1. The second kappa shape index (κ2) is 4.26. The quantitative estimate of drug-likeness (QED) is 0.744. The topological polar surface area (TPSA) is 48.7 Å². The smallest absolute Gasteiger partial charge is 0.310 e. The molecule has 2 aromatic rings. The van der Waals surface area contributed by atoms with Crippen molar-refractivity contribution < 1.29 is 18.7 Å². The molecular weight excluding hydrogens is 208 g/mol. The summed E-state index contributed by atoms with van der Waals surface area (Å²) in [5, 5.41) is 0.879. The van der Waals surface area contributed by atoms with Crippen LogP contribution in [0.2, 0.25) is 0 Å². The molecule has 0 spiro atoms. The molecule has 0 fully saturated rings. The summed E-state index contributed by atoms with van der Waals surface area (Å²) in [5.41, 5.74) is 1.46. The van der Waals surface area contributed by atoms with E-state index in [0.717, 1.165) is 10.9 Å². The average molecular weight is 220 g/mol. The first-order valence-electron chi connectivity index (χ1n) is 4.86. The standard InChI is InChI=1S/C12H12O4/c1-14-10-5-3-4-9-8(6-11(13)15-2)7-16-12(9)10/h3-5,7H,6H2,1-2H3. The van der Waals surface area contributed by atoms with Crippen LogP contribution in [-0.2, 0) is 16.0 Å². The van der Waals surface area contributed by atoms with E-state index in [2.05, 4.69) is 4.74 Å². The zero-order chi connectivity index (χ0) is 11.5. The van der Waals surface area contributed by atoms with E-state index in [4.69, 9.17) is 9.15 Å². The molecule has 16 heavy (non-hydrogen) atoms.